The Bertz CT molecular complexity index is 1390. The number of carbonyl (C=O) groups is 1. The standard InChI is InChI=1S/C25H19F3N4O2S2/c1-34-15-8-6-14(7-9-15)20-10-19(25(26,27)28)18(12-30)23(31-20)35-13-22(33)32-24-17(11-29)16-4-2-3-5-21(16)36-24/h6-10H,2-5,13H2,1H3,(H,32,33). The molecule has 0 unspecified atom stereocenters. The summed E-state index contributed by atoms with van der Waals surface area (Å²) >= 11 is 2.11. The summed E-state index contributed by atoms with van der Waals surface area (Å²) in [5.74, 6) is -0.246. The summed E-state index contributed by atoms with van der Waals surface area (Å²) in [6.45, 7) is 0. The number of thiophene rings is 1. The number of nitriles is 2. The van der Waals surface area contributed by atoms with Gasteiger partial charge in [0.15, 0.2) is 0 Å². The lowest BCUT2D eigenvalue weighted by Crippen LogP contribution is -2.15. The molecule has 0 radical (unpaired) electrons. The van der Waals surface area contributed by atoms with Crippen molar-refractivity contribution in [1.29, 1.82) is 10.5 Å². The van der Waals surface area contributed by atoms with Gasteiger partial charge in [-0.1, -0.05) is 11.8 Å². The number of methoxy groups -OCH3 is 1. The lowest BCUT2D eigenvalue weighted by atomic mass is 9.96. The van der Waals surface area contributed by atoms with E-state index in [0.717, 1.165) is 54.0 Å². The van der Waals surface area contributed by atoms with Crippen LogP contribution in [0.15, 0.2) is 35.4 Å². The molecule has 0 atom stereocenters. The number of pyridine rings is 1. The van der Waals surface area contributed by atoms with Gasteiger partial charge in [0.1, 0.15) is 27.9 Å². The molecule has 36 heavy (non-hydrogen) atoms. The van der Waals surface area contributed by atoms with E-state index >= 15 is 0 Å². The molecule has 0 saturated heterocycles. The van der Waals surface area contributed by atoms with Crippen LogP contribution in [-0.2, 0) is 23.8 Å². The number of thioether (sulfide) groups is 1. The van der Waals surface area contributed by atoms with E-state index in [4.69, 9.17) is 4.74 Å². The average molecular weight is 529 g/mol. The summed E-state index contributed by atoms with van der Waals surface area (Å²) in [6.07, 6.45) is -1.14. The van der Waals surface area contributed by atoms with Gasteiger partial charge >= 0.3 is 6.18 Å². The monoisotopic (exact) mass is 528 g/mol. The van der Waals surface area contributed by atoms with Crippen LogP contribution in [0.3, 0.4) is 0 Å². The molecule has 0 fully saturated rings. The van der Waals surface area contributed by atoms with Crippen LogP contribution in [-0.4, -0.2) is 23.8 Å². The molecule has 1 aliphatic carbocycles. The van der Waals surface area contributed by atoms with Crippen LogP contribution in [0.2, 0.25) is 0 Å². The van der Waals surface area contributed by atoms with Crippen molar-refractivity contribution in [2.75, 3.05) is 18.2 Å². The van der Waals surface area contributed by atoms with Gasteiger partial charge in [0.05, 0.1) is 35.2 Å². The number of halogens is 3. The fourth-order valence-electron chi connectivity index (χ4n) is 3.94. The van der Waals surface area contributed by atoms with Crippen molar-refractivity contribution in [3.8, 4) is 29.1 Å². The number of carbonyl (C=O) groups excluding carboxylic acids is 1. The second-order valence-electron chi connectivity index (χ2n) is 7.94. The maximum absolute atomic E-state index is 13.8. The van der Waals surface area contributed by atoms with Gasteiger partial charge in [-0.15, -0.1) is 11.3 Å². The quantitative estimate of drug-likeness (QED) is 0.383. The Balaban J connectivity index is 1.61. The molecule has 6 nitrogen and oxygen atoms in total. The fourth-order valence-corrected chi connectivity index (χ4v) is 5.99. The molecule has 11 heteroatoms. The molecule has 1 amide bonds. The number of benzene rings is 1. The van der Waals surface area contributed by atoms with E-state index in [-0.39, 0.29) is 16.5 Å². The summed E-state index contributed by atoms with van der Waals surface area (Å²) in [5.41, 5.74) is 0.0784. The number of ether oxygens (including phenoxy) is 1. The van der Waals surface area contributed by atoms with Crippen LogP contribution in [0.5, 0.6) is 5.75 Å². The normalized spacial score (nSPS) is 12.8. The summed E-state index contributed by atoms with van der Waals surface area (Å²) < 4.78 is 46.5. The van der Waals surface area contributed by atoms with Crippen LogP contribution < -0.4 is 10.1 Å². The minimum absolute atomic E-state index is 0.0181. The minimum atomic E-state index is -4.79. The molecule has 4 rings (SSSR count). The second kappa shape index (κ2) is 10.6. The van der Waals surface area contributed by atoms with Gasteiger partial charge in [-0.3, -0.25) is 4.79 Å². The average Bonchev–Trinajstić information content (AvgIpc) is 3.23. The van der Waals surface area contributed by atoms with Crippen molar-refractivity contribution >= 4 is 34.0 Å². The van der Waals surface area contributed by atoms with Crippen LogP contribution in [0, 0.1) is 22.7 Å². The van der Waals surface area contributed by atoms with E-state index in [0.29, 0.717) is 21.9 Å². The number of amides is 1. The zero-order valence-electron chi connectivity index (χ0n) is 19.0. The fraction of sp³-hybridized carbons (Fsp3) is 0.280. The van der Waals surface area contributed by atoms with Gasteiger partial charge in [0.2, 0.25) is 5.91 Å². The topological polar surface area (TPSA) is 98.8 Å². The maximum Gasteiger partial charge on any atom is 0.417 e. The first kappa shape index (κ1) is 25.5. The first-order chi connectivity index (χ1) is 17.2. The summed E-state index contributed by atoms with van der Waals surface area (Å²) in [5, 5.41) is 22.0. The van der Waals surface area contributed by atoms with Crippen molar-refractivity contribution in [1.82, 2.24) is 4.98 Å². The largest absolute Gasteiger partial charge is 0.497 e. The molecular formula is C25H19F3N4O2S2. The molecule has 0 saturated carbocycles. The Morgan fingerprint density at radius 3 is 2.50 bits per heavy atom. The van der Waals surface area contributed by atoms with E-state index in [9.17, 15) is 28.5 Å². The highest BCUT2D eigenvalue weighted by Gasteiger charge is 2.36. The Hall–Kier alpha value is -3.54. The minimum Gasteiger partial charge on any atom is -0.497 e. The summed E-state index contributed by atoms with van der Waals surface area (Å²) in [4.78, 5) is 18.1. The predicted octanol–water partition coefficient (Wildman–Crippen LogP) is 6.19. The first-order valence-corrected chi connectivity index (χ1v) is 12.7. The van der Waals surface area contributed by atoms with Crippen molar-refractivity contribution in [2.45, 2.75) is 36.9 Å². The van der Waals surface area contributed by atoms with E-state index in [1.807, 2.05) is 0 Å². The Kier molecular flexibility index (Phi) is 7.53. The molecule has 1 N–H and O–H groups in total. The van der Waals surface area contributed by atoms with Crippen LogP contribution in [0.1, 0.15) is 40.0 Å². The highest BCUT2D eigenvalue weighted by molar-refractivity contribution is 8.00. The number of aryl methyl sites for hydroxylation is 1. The van der Waals surface area contributed by atoms with Gasteiger partial charge in [-0.2, -0.15) is 23.7 Å². The number of alkyl halides is 3. The van der Waals surface area contributed by atoms with Crippen LogP contribution in [0.25, 0.3) is 11.3 Å². The van der Waals surface area contributed by atoms with Gasteiger partial charge in [0.25, 0.3) is 0 Å². The molecule has 184 valence electrons. The number of nitrogens with one attached hydrogen (secondary N) is 1. The number of fused-ring (bicyclic) bond motifs is 1. The van der Waals surface area contributed by atoms with Crippen LogP contribution >= 0.6 is 23.1 Å². The summed E-state index contributed by atoms with van der Waals surface area (Å²) in [6, 6.07) is 10.9. The maximum atomic E-state index is 13.8. The zero-order valence-corrected chi connectivity index (χ0v) is 20.7. The van der Waals surface area contributed by atoms with Gasteiger partial charge < -0.3 is 10.1 Å². The molecule has 2 aromatic heterocycles. The number of hydrogen-bond acceptors (Lipinski definition) is 7. The number of nitrogens with zero attached hydrogens (tertiary/aromatic N) is 3. The van der Waals surface area contributed by atoms with Gasteiger partial charge in [-0.25, -0.2) is 4.98 Å². The SMILES string of the molecule is COc1ccc(-c2cc(C(F)(F)F)c(C#N)c(SCC(=O)Nc3sc4c(c3C#N)CCCC4)n2)cc1. The lowest BCUT2D eigenvalue weighted by Gasteiger charge is -2.14. The summed E-state index contributed by atoms with van der Waals surface area (Å²) in [7, 11) is 1.47. The first-order valence-electron chi connectivity index (χ1n) is 10.9. The molecular weight excluding hydrogens is 509 g/mol. The number of rotatable bonds is 6. The molecule has 1 aromatic carbocycles. The molecule has 0 aliphatic heterocycles. The van der Waals surface area contributed by atoms with Crippen molar-refractivity contribution in [3.05, 3.63) is 57.5 Å². The highest BCUT2D eigenvalue weighted by atomic mass is 32.2. The van der Waals surface area contributed by atoms with Crippen molar-refractivity contribution in [2.24, 2.45) is 0 Å². The van der Waals surface area contributed by atoms with Crippen molar-refractivity contribution < 1.29 is 22.7 Å². The van der Waals surface area contributed by atoms with E-state index in [2.05, 4.69) is 16.4 Å². The predicted molar refractivity (Wildman–Crippen MR) is 131 cm³/mol. The Labute approximate surface area is 213 Å². The van der Waals surface area contributed by atoms with Gasteiger partial charge in [0, 0.05) is 10.4 Å². The van der Waals surface area contributed by atoms with Crippen molar-refractivity contribution in [3.63, 3.8) is 0 Å². The third-order valence-electron chi connectivity index (χ3n) is 5.67. The van der Waals surface area contributed by atoms with Gasteiger partial charge in [-0.05, 0) is 61.6 Å². The van der Waals surface area contributed by atoms with E-state index < -0.39 is 23.2 Å². The third-order valence-corrected chi connectivity index (χ3v) is 7.85. The molecule has 2 heterocycles. The van der Waals surface area contributed by atoms with E-state index in [1.165, 1.54) is 18.4 Å². The Morgan fingerprint density at radius 2 is 1.86 bits per heavy atom. The Morgan fingerprint density at radius 1 is 1.17 bits per heavy atom. The zero-order chi connectivity index (χ0) is 25.9. The smallest absolute Gasteiger partial charge is 0.417 e. The number of hydrogen-bond donors (Lipinski definition) is 1. The second-order valence-corrected chi connectivity index (χ2v) is 10.0. The highest BCUT2D eigenvalue weighted by Crippen LogP contribution is 2.39. The lowest BCUT2D eigenvalue weighted by molar-refractivity contribution is -0.138. The molecule has 0 spiro atoms. The third kappa shape index (κ3) is 5.32. The molecule has 0 bridgehead atoms. The number of aromatic nitrogens is 1. The van der Waals surface area contributed by atoms with E-state index in [1.54, 1.807) is 30.3 Å². The number of anilines is 1. The molecule has 1 aliphatic rings. The molecule has 3 aromatic rings. The van der Waals surface area contributed by atoms with Crippen LogP contribution in [0.4, 0.5) is 18.2 Å².